The van der Waals surface area contributed by atoms with E-state index in [1.54, 1.807) is 12.1 Å². The van der Waals surface area contributed by atoms with Crippen LogP contribution < -0.4 is 0 Å². The summed E-state index contributed by atoms with van der Waals surface area (Å²) in [5.41, 5.74) is 4.40. The molecule has 1 fully saturated rings. The number of aromatic amines is 1. The summed E-state index contributed by atoms with van der Waals surface area (Å²) < 4.78 is 0. The van der Waals surface area contributed by atoms with Crippen molar-refractivity contribution in [2.45, 2.75) is 19.4 Å². The molecule has 0 atom stereocenters. The van der Waals surface area contributed by atoms with Gasteiger partial charge in [0.1, 0.15) is 0 Å². The predicted octanol–water partition coefficient (Wildman–Crippen LogP) is 4.76. The first kappa shape index (κ1) is 17.5. The SMILES string of the molecule is Cl.O=[N+]([O-])c1ccc2[nH]c(CN3CCCC3)c(-c3ccccc3)c2c1. The average Bonchev–Trinajstić information content (AvgIpc) is 3.22. The van der Waals surface area contributed by atoms with E-state index in [1.807, 2.05) is 24.3 Å². The van der Waals surface area contributed by atoms with Crippen LogP contribution in [-0.2, 0) is 6.54 Å². The molecule has 25 heavy (non-hydrogen) atoms. The largest absolute Gasteiger partial charge is 0.357 e. The number of nitro benzene ring substituents is 1. The molecule has 1 saturated heterocycles. The van der Waals surface area contributed by atoms with E-state index in [9.17, 15) is 10.1 Å². The van der Waals surface area contributed by atoms with Crippen LogP contribution in [0.4, 0.5) is 5.69 Å². The smallest absolute Gasteiger partial charge is 0.270 e. The Morgan fingerprint density at radius 2 is 1.80 bits per heavy atom. The Hall–Kier alpha value is -2.37. The molecule has 0 amide bonds. The zero-order valence-electron chi connectivity index (χ0n) is 13.8. The maximum absolute atomic E-state index is 11.2. The second-order valence-corrected chi connectivity index (χ2v) is 6.31. The Labute approximate surface area is 152 Å². The minimum Gasteiger partial charge on any atom is -0.357 e. The summed E-state index contributed by atoms with van der Waals surface area (Å²) in [6.45, 7) is 3.08. The van der Waals surface area contributed by atoms with Crippen LogP contribution in [0.3, 0.4) is 0 Å². The lowest BCUT2D eigenvalue weighted by Crippen LogP contribution is -2.18. The first-order valence-electron chi connectivity index (χ1n) is 8.29. The lowest BCUT2D eigenvalue weighted by atomic mass is 10.0. The topological polar surface area (TPSA) is 62.2 Å². The van der Waals surface area contributed by atoms with E-state index in [2.05, 4.69) is 22.0 Å². The highest BCUT2D eigenvalue weighted by Gasteiger charge is 2.20. The summed E-state index contributed by atoms with van der Waals surface area (Å²) in [5.74, 6) is 0. The van der Waals surface area contributed by atoms with Gasteiger partial charge in [-0.2, -0.15) is 0 Å². The number of H-pyrrole nitrogens is 1. The molecule has 0 spiro atoms. The molecule has 1 aliphatic rings. The van der Waals surface area contributed by atoms with E-state index in [4.69, 9.17) is 0 Å². The van der Waals surface area contributed by atoms with Gasteiger partial charge in [-0.25, -0.2) is 0 Å². The van der Waals surface area contributed by atoms with Crippen LogP contribution in [0.25, 0.3) is 22.0 Å². The van der Waals surface area contributed by atoms with Gasteiger partial charge in [0.05, 0.1) is 4.92 Å². The first-order chi connectivity index (χ1) is 11.7. The summed E-state index contributed by atoms with van der Waals surface area (Å²) in [6.07, 6.45) is 2.48. The molecule has 4 rings (SSSR count). The molecule has 1 aliphatic heterocycles. The van der Waals surface area contributed by atoms with Gasteiger partial charge in [-0.3, -0.25) is 15.0 Å². The second kappa shape index (κ2) is 7.25. The Morgan fingerprint density at radius 3 is 2.48 bits per heavy atom. The molecule has 0 saturated carbocycles. The normalized spacial score (nSPS) is 14.6. The Kier molecular flexibility index (Phi) is 5.06. The fourth-order valence-electron chi connectivity index (χ4n) is 3.57. The molecule has 3 aromatic rings. The van der Waals surface area contributed by atoms with Crippen molar-refractivity contribution >= 4 is 29.0 Å². The number of nitrogens with one attached hydrogen (secondary N) is 1. The van der Waals surface area contributed by atoms with Gasteiger partial charge in [0.15, 0.2) is 0 Å². The summed E-state index contributed by atoms with van der Waals surface area (Å²) >= 11 is 0. The maximum Gasteiger partial charge on any atom is 0.270 e. The molecule has 2 heterocycles. The Bertz CT molecular complexity index is 886. The molecule has 1 aromatic heterocycles. The van der Waals surface area contributed by atoms with Gasteiger partial charge >= 0.3 is 0 Å². The van der Waals surface area contributed by atoms with E-state index < -0.39 is 0 Å². The van der Waals surface area contributed by atoms with Crippen molar-refractivity contribution in [2.75, 3.05) is 13.1 Å². The summed E-state index contributed by atoms with van der Waals surface area (Å²) in [6, 6.07) is 15.2. The van der Waals surface area contributed by atoms with Crippen LogP contribution in [0.15, 0.2) is 48.5 Å². The lowest BCUT2D eigenvalue weighted by Gasteiger charge is -2.15. The molecule has 130 valence electrons. The van der Waals surface area contributed by atoms with Crippen molar-refractivity contribution in [2.24, 2.45) is 0 Å². The summed E-state index contributed by atoms with van der Waals surface area (Å²) in [5, 5.41) is 12.1. The number of halogens is 1. The van der Waals surface area contributed by atoms with Crippen molar-refractivity contribution in [3.05, 3.63) is 64.3 Å². The Morgan fingerprint density at radius 1 is 1.08 bits per heavy atom. The van der Waals surface area contributed by atoms with Gasteiger partial charge in [-0.15, -0.1) is 12.4 Å². The predicted molar refractivity (Wildman–Crippen MR) is 102 cm³/mol. The van der Waals surface area contributed by atoms with Crippen LogP contribution in [0, 0.1) is 10.1 Å². The molecule has 2 aromatic carbocycles. The third-order valence-electron chi connectivity index (χ3n) is 4.71. The average molecular weight is 358 g/mol. The number of likely N-dealkylation sites (tertiary alicyclic amines) is 1. The maximum atomic E-state index is 11.2. The molecule has 6 heteroatoms. The van der Waals surface area contributed by atoms with Crippen LogP contribution >= 0.6 is 12.4 Å². The van der Waals surface area contributed by atoms with Gasteiger partial charge in [-0.05, 0) is 37.6 Å². The number of nitrogens with zero attached hydrogens (tertiary/aromatic N) is 2. The van der Waals surface area contributed by atoms with Gasteiger partial charge < -0.3 is 4.98 Å². The Balaban J connectivity index is 0.00000182. The zero-order valence-corrected chi connectivity index (χ0v) is 14.6. The van der Waals surface area contributed by atoms with E-state index in [0.29, 0.717) is 0 Å². The number of nitro groups is 1. The third-order valence-corrected chi connectivity index (χ3v) is 4.71. The highest BCUT2D eigenvalue weighted by molar-refractivity contribution is 5.98. The highest BCUT2D eigenvalue weighted by atomic mass is 35.5. The molecular formula is C19H20ClN3O2. The van der Waals surface area contributed by atoms with E-state index in [0.717, 1.165) is 47.4 Å². The van der Waals surface area contributed by atoms with Crippen LogP contribution in [-0.4, -0.2) is 27.9 Å². The number of rotatable bonds is 4. The molecule has 0 bridgehead atoms. The first-order valence-corrected chi connectivity index (χ1v) is 8.29. The van der Waals surface area contributed by atoms with E-state index in [1.165, 1.54) is 12.8 Å². The van der Waals surface area contributed by atoms with Crippen molar-refractivity contribution in [3.63, 3.8) is 0 Å². The van der Waals surface area contributed by atoms with E-state index in [-0.39, 0.29) is 23.0 Å². The molecule has 5 nitrogen and oxygen atoms in total. The van der Waals surface area contributed by atoms with E-state index >= 15 is 0 Å². The van der Waals surface area contributed by atoms with Crippen LogP contribution in [0.2, 0.25) is 0 Å². The number of aromatic nitrogens is 1. The van der Waals surface area contributed by atoms with Crippen molar-refractivity contribution in [1.29, 1.82) is 0 Å². The number of benzene rings is 2. The molecule has 0 unspecified atom stereocenters. The number of non-ortho nitro benzene ring substituents is 1. The van der Waals surface area contributed by atoms with Crippen molar-refractivity contribution in [1.82, 2.24) is 9.88 Å². The number of fused-ring (bicyclic) bond motifs is 1. The monoisotopic (exact) mass is 357 g/mol. The van der Waals surface area contributed by atoms with Gasteiger partial charge in [0, 0.05) is 40.8 Å². The van der Waals surface area contributed by atoms with Crippen LogP contribution in [0.1, 0.15) is 18.5 Å². The zero-order chi connectivity index (χ0) is 16.5. The minimum absolute atomic E-state index is 0. The van der Waals surface area contributed by atoms with Crippen molar-refractivity contribution in [3.8, 4) is 11.1 Å². The fourth-order valence-corrected chi connectivity index (χ4v) is 3.57. The second-order valence-electron chi connectivity index (χ2n) is 6.31. The third kappa shape index (κ3) is 3.38. The molecule has 0 aliphatic carbocycles. The van der Waals surface area contributed by atoms with Crippen molar-refractivity contribution < 1.29 is 4.92 Å². The van der Waals surface area contributed by atoms with Gasteiger partial charge in [0.2, 0.25) is 0 Å². The quantitative estimate of drug-likeness (QED) is 0.540. The molecule has 0 radical (unpaired) electrons. The summed E-state index contributed by atoms with van der Waals surface area (Å²) in [7, 11) is 0. The molecule has 1 N–H and O–H groups in total. The standard InChI is InChI=1S/C19H19N3O2.ClH/c23-22(24)15-8-9-17-16(12-15)19(14-6-2-1-3-7-14)18(20-17)13-21-10-4-5-11-21;/h1-3,6-9,12,20H,4-5,10-11,13H2;1H. The number of hydrogen-bond acceptors (Lipinski definition) is 3. The highest BCUT2D eigenvalue weighted by Crippen LogP contribution is 2.35. The lowest BCUT2D eigenvalue weighted by molar-refractivity contribution is -0.384. The van der Waals surface area contributed by atoms with Gasteiger partial charge in [0.25, 0.3) is 5.69 Å². The van der Waals surface area contributed by atoms with Crippen LogP contribution in [0.5, 0.6) is 0 Å². The fraction of sp³-hybridized carbons (Fsp3) is 0.263. The summed E-state index contributed by atoms with van der Waals surface area (Å²) in [4.78, 5) is 16.8. The van der Waals surface area contributed by atoms with Gasteiger partial charge in [-0.1, -0.05) is 30.3 Å². The minimum atomic E-state index is -0.332. The number of hydrogen-bond donors (Lipinski definition) is 1. The molecular weight excluding hydrogens is 338 g/mol.